The first-order chi connectivity index (χ1) is 11.7. The number of nitrogens with one attached hydrogen (secondary N) is 1. The fourth-order valence-corrected chi connectivity index (χ4v) is 2.07. The Hall–Kier alpha value is -2.84. The lowest BCUT2D eigenvalue weighted by molar-refractivity contribution is -0.111. The standard InChI is InChI=1S/C18H16ClN3O2/c19-15-7-2-1-6-14(15)9-10-17(23)22-18-16(8-5-12-21-18)24-13-4-3-11-20/h1-2,5-10,12H,3-4,13H2,(H,21,22,23)/b10-9+. The molecule has 0 aliphatic rings. The number of nitrogens with zero attached hydrogens (tertiary/aromatic N) is 2. The van der Waals surface area contributed by atoms with Gasteiger partial charge < -0.3 is 10.1 Å². The van der Waals surface area contributed by atoms with Gasteiger partial charge in [-0.05, 0) is 36.3 Å². The molecule has 1 N–H and O–H groups in total. The molecule has 2 rings (SSSR count). The van der Waals surface area contributed by atoms with Crippen LogP contribution in [0.25, 0.3) is 6.08 Å². The highest BCUT2D eigenvalue weighted by Crippen LogP contribution is 2.21. The molecule has 0 atom stereocenters. The summed E-state index contributed by atoms with van der Waals surface area (Å²) in [5, 5.41) is 11.8. The Morgan fingerprint density at radius 2 is 2.17 bits per heavy atom. The maximum Gasteiger partial charge on any atom is 0.249 e. The highest BCUT2D eigenvalue weighted by molar-refractivity contribution is 6.32. The number of amides is 1. The van der Waals surface area contributed by atoms with Crippen LogP contribution in [0.4, 0.5) is 5.82 Å². The van der Waals surface area contributed by atoms with Gasteiger partial charge in [-0.15, -0.1) is 0 Å². The third kappa shape index (κ3) is 5.41. The Kier molecular flexibility index (Phi) is 6.81. The van der Waals surface area contributed by atoms with Crippen molar-refractivity contribution < 1.29 is 9.53 Å². The third-order valence-electron chi connectivity index (χ3n) is 3.02. The minimum absolute atomic E-state index is 0.336. The van der Waals surface area contributed by atoms with Crippen LogP contribution in [0.1, 0.15) is 18.4 Å². The summed E-state index contributed by atoms with van der Waals surface area (Å²) < 4.78 is 5.55. The maximum absolute atomic E-state index is 12.0. The summed E-state index contributed by atoms with van der Waals surface area (Å²) in [5.41, 5.74) is 0.753. The normalized spacial score (nSPS) is 10.3. The fourth-order valence-electron chi connectivity index (χ4n) is 1.87. The largest absolute Gasteiger partial charge is 0.490 e. The van der Waals surface area contributed by atoms with Gasteiger partial charge in [-0.2, -0.15) is 5.26 Å². The van der Waals surface area contributed by atoms with Gasteiger partial charge in [-0.25, -0.2) is 4.98 Å². The average Bonchev–Trinajstić information content (AvgIpc) is 2.59. The molecule has 1 aromatic heterocycles. The minimum atomic E-state index is -0.338. The molecular formula is C18H16ClN3O2. The summed E-state index contributed by atoms with van der Waals surface area (Å²) in [6, 6.07) is 12.7. The third-order valence-corrected chi connectivity index (χ3v) is 3.37. The first-order valence-corrected chi connectivity index (χ1v) is 7.77. The SMILES string of the molecule is N#CCCCOc1cccnc1NC(=O)/C=C/c1ccccc1Cl. The molecule has 1 amide bonds. The van der Waals surface area contributed by atoms with E-state index >= 15 is 0 Å². The highest BCUT2D eigenvalue weighted by atomic mass is 35.5. The Morgan fingerprint density at radius 1 is 1.33 bits per heavy atom. The second kappa shape index (κ2) is 9.33. The van der Waals surface area contributed by atoms with E-state index in [-0.39, 0.29) is 5.91 Å². The number of unbranched alkanes of at least 4 members (excludes halogenated alkanes) is 1. The summed E-state index contributed by atoms with van der Waals surface area (Å²) in [5.74, 6) is 0.466. The molecule has 0 aliphatic heterocycles. The van der Waals surface area contributed by atoms with Crippen LogP contribution in [-0.4, -0.2) is 17.5 Å². The number of carbonyl (C=O) groups excluding carboxylic acids is 1. The van der Waals surface area contributed by atoms with Crippen molar-refractivity contribution in [1.82, 2.24) is 4.98 Å². The van der Waals surface area contributed by atoms with E-state index in [1.54, 1.807) is 30.5 Å². The van der Waals surface area contributed by atoms with Crippen LogP contribution in [-0.2, 0) is 4.79 Å². The van der Waals surface area contributed by atoms with Gasteiger partial charge in [0.05, 0.1) is 12.7 Å². The Balaban J connectivity index is 1.99. The minimum Gasteiger partial charge on any atom is -0.490 e. The molecule has 2 aromatic rings. The van der Waals surface area contributed by atoms with Crippen molar-refractivity contribution >= 4 is 29.4 Å². The second-order valence-corrected chi connectivity index (χ2v) is 5.21. The van der Waals surface area contributed by atoms with E-state index in [0.29, 0.717) is 36.0 Å². The number of hydrogen-bond acceptors (Lipinski definition) is 4. The van der Waals surface area contributed by atoms with Crippen LogP contribution >= 0.6 is 11.6 Å². The number of ether oxygens (including phenoxy) is 1. The smallest absolute Gasteiger partial charge is 0.249 e. The number of pyridine rings is 1. The Morgan fingerprint density at radius 3 is 2.96 bits per heavy atom. The molecule has 0 saturated carbocycles. The molecule has 0 saturated heterocycles. The van der Waals surface area contributed by atoms with Crippen molar-refractivity contribution in [2.45, 2.75) is 12.8 Å². The number of rotatable bonds is 7. The van der Waals surface area contributed by atoms with Crippen molar-refractivity contribution in [2.24, 2.45) is 0 Å². The molecule has 0 radical (unpaired) electrons. The highest BCUT2D eigenvalue weighted by Gasteiger charge is 2.07. The molecule has 0 unspecified atom stereocenters. The van der Waals surface area contributed by atoms with Gasteiger partial charge in [-0.3, -0.25) is 4.79 Å². The molecule has 24 heavy (non-hydrogen) atoms. The first-order valence-electron chi connectivity index (χ1n) is 7.39. The summed E-state index contributed by atoms with van der Waals surface area (Å²) in [7, 11) is 0. The zero-order valence-electron chi connectivity index (χ0n) is 12.9. The van der Waals surface area contributed by atoms with Gasteiger partial charge in [0.25, 0.3) is 0 Å². The van der Waals surface area contributed by atoms with Crippen molar-refractivity contribution in [2.75, 3.05) is 11.9 Å². The van der Waals surface area contributed by atoms with Crippen LogP contribution in [0.3, 0.4) is 0 Å². The molecule has 1 aromatic carbocycles. The van der Waals surface area contributed by atoms with E-state index in [2.05, 4.69) is 16.4 Å². The van der Waals surface area contributed by atoms with Gasteiger partial charge in [0, 0.05) is 23.7 Å². The van der Waals surface area contributed by atoms with Gasteiger partial charge in [-0.1, -0.05) is 29.8 Å². The van der Waals surface area contributed by atoms with Crippen LogP contribution < -0.4 is 10.1 Å². The number of benzene rings is 1. The second-order valence-electron chi connectivity index (χ2n) is 4.80. The summed E-state index contributed by atoms with van der Waals surface area (Å²) in [6.07, 6.45) is 5.62. The van der Waals surface area contributed by atoms with Gasteiger partial charge in [0.15, 0.2) is 11.6 Å². The van der Waals surface area contributed by atoms with Crippen LogP contribution in [0, 0.1) is 11.3 Å². The predicted molar refractivity (Wildman–Crippen MR) is 93.7 cm³/mol. The van der Waals surface area contributed by atoms with Crippen LogP contribution in [0.2, 0.25) is 5.02 Å². The van der Waals surface area contributed by atoms with E-state index < -0.39 is 0 Å². The van der Waals surface area contributed by atoms with Gasteiger partial charge in [0.2, 0.25) is 5.91 Å². The Labute approximate surface area is 145 Å². The van der Waals surface area contributed by atoms with E-state index in [4.69, 9.17) is 21.6 Å². The van der Waals surface area contributed by atoms with E-state index in [1.807, 2.05) is 18.2 Å². The van der Waals surface area contributed by atoms with Gasteiger partial charge >= 0.3 is 0 Å². The van der Waals surface area contributed by atoms with Gasteiger partial charge in [0.1, 0.15) is 0 Å². The lowest BCUT2D eigenvalue weighted by Crippen LogP contribution is -2.11. The number of nitriles is 1. The fraction of sp³-hybridized carbons (Fsp3) is 0.167. The molecular weight excluding hydrogens is 326 g/mol. The zero-order valence-corrected chi connectivity index (χ0v) is 13.7. The van der Waals surface area contributed by atoms with E-state index in [9.17, 15) is 4.79 Å². The number of carbonyl (C=O) groups is 1. The number of halogens is 1. The molecule has 122 valence electrons. The van der Waals surface area contributed by atoms with Crippen molar-refractivity contribution in [1.29, 1.82) is 5.26 Å². The maximum atomic E-state index is 12.0. The Bertz CT molecular complexity index is 769. The lowest BCUT2D eigenvalue weighted by Gasteiger charge is -2.09. The van der Waals surface area contributed by atoms with Crippen molar-refractivity contribution in [3.05, 3.63) is 59.3 Å². The monoisotopic (exact) mass is 341 g/mol. The molecule has 0 bridgehead atoms. The molecule has 0 spiro atoms. The van der Waals surface area contributed by atoms with E-state index in [0.717, 1.165) is 5.56 Å². The quantitative estimate of drug-likeness (QED) is 0.608. The van der Waals surface area contributed by atoms with E-state index in [1.165, 1.54) is 6.08 Å². The molecule has 1 heterocycles. The summed E-state index contributed by atoms with van der Waals surface area (Å²) >= 11 is 6.04. The number of hydrogen-bond donors (Lipinski definition) is 1. The predicted octanol–water partition coefficient (Wildman–Crippen LogP) is 4.07. The zero-order chi connectivity index (χ0) is 17.2. The molecule has 5 nitrogen and oxygen atoms in total. The molecule has 0 fully saturated rings. The lowest BCUT2D eigenvalue weighted by atomic mass is 10.2. The molecule has 0 aliphatic carbocycles. The number of anilines is 1. The van der Waals surface area contributed by atoms with Crippen molar-refractivity contribution in [3.8, 4) is 11.8 Å². The molecule has 6 heteroatoms. The summed E-state index contributed by atoms with van der Waals surface area (Å²) in [6.45, 7) is 0.386. The topological polar surface area (TPSA) is 75.0 Å². The number of aromatic nitrogens is 1. The van der Waals surface area contributed by atoms with Crippen molar-refractivity contribution in [3.63, 3.8) is 0 Å². The average molecular weight is 342 g/mol. The first kappa shape index (κ1) is 17.5. The van der Waals surface area contributed by atoms with Crippen LogP contribution in [0.5, 0.6) is 5.75 Å². The van der Waals surface area contributed by atoms with Crippen LogP contribution in [0.15, 0.2) is 48.7 Å². The summed E-state index contributed by atoms with van der Waals surface area (Å²) in [4.78, 5) is 16.2.